The van der Waals surface area contributed by atoms with Crippen LogP contribution in [0.25, 0.3) is 0 Å². The van der Waals surface area contributed by atoms with Crippen molar-refractivity contribution in [3.8, 4) is 11.5 Å². The van der Waals surface area contributed by atoms with Crippen LogP contribution in [-0.4, -0.2) is 48.8 Å². The maximum atomic E-state index is 13.2. The first kappa shape index (κ1) is 28.8. The lowest BCUT2D eigenvalue weighted by Crippen LogP contribution is -2.28. The van der Waals surface area contributed by atoms with E-state index < -0.39 is 9.84 Å². The molecule has 0 radical (unpaired) electrons. The molecule has 0 aliphatic carbocycles. The summed E-state index contributed by atoms with van der Waals surface area (Å²) in [6.45, 7) is 4.18. The molecule has 0 amide bonds. The number of benzene rings is 2. The van der Waals surface area contributed by atoms with E-state index in [0.29, 0.717) is 11.8 Å². The highest BCUT2D eigenvalue weighted by Crippen LogP contribution is 2.29. The van der Waals surface area contributed by atoms with Gasteiger partial charge in [0.15, 0.2) is 9.84 Å². The van der Waals surface area contributed by atoms with Crippen LogP contribution >= 0.6 is 12.4 Å². The number of nitrogens with one attached hydrogen (secondary N) is 2. The molecule has 2 heterocycles. The predicted octanol–water partition coefficient (Wildman–Crippen LogP) is 4.32. The zero-order valence-electron chi connectivity index (χ0n) is 21.6. The van der Waals surface area contributed by atoms with Crippen molar-refractivity contribution in [3.05, 3.63) is 58.7 Å². The van der Waals surface area contributed by atoms with Gasteiger partial charge in [-0.25, -0.2) is 8.42 Å². The third-order valence-electron chi connectivity index (χ3n) is 7.40. The number of ether oxygens (including phenoxy) is 2. The number of piperidine rings is 2. The van der Waals surface area contributed by atoms with Gasteiger partial charge in [-0.2, -0.15) is 0 Å². The molecule has 0 aromatic heterocycles. The summed E-state index contributed by atoms with van der Waals surface area (Å²) < 4.78 is 37.6. The minimum absolute atomic E-state index is 0. The summed E-state index contributed by atoms with van der Waals surface area (Å²) in [4.78, 5) is 0. The zero-order valence-corrected chi connectivity index (χ0v) is 23.2. The van der Waals surface area contributed by atoms with Gasteiger partial charge in [0.1, 0.15) is 11.5 Å². The van der Waals surface area contributed by atoms with Gasteiger partial charge in [-0.3, -0.25) is 0 Å². The Bertz CT molecular complexity index is 1000. The molecular formula is C28H41ClN2O4S. The summed E-state index contributed by atoms with van der Waals surface area (Å²) in [5.74, 6) is 2.98. The highest BCUT2D eigenvalue weighted by molar-refractivity contribution is 7.89. The van der Waals surface area contributed by atoms with E-state index in [2.05, 4.69) is 10.6 Å². The first-order valence-electron chi connectivity index (χ1n) is 12.9. The topological polar surface area (TPSA) is 76.7 Å². The van der Waals surface area contributed by atoms with E-state index in [1.807, 2.05) is 36.4 Å². The van der Waals surface area contributed by atoms with Crippen LogP contribution in [0.1, 0.15) is 47.9 Å². The van der Waals surface area contributed by atoms with E-state index in [9.17, 15) is 8.42 Å². The van der Waals surface area contributed by atoms with Crippen molar-refractivity contribution in [2.24, 2.45) is 11.8 Å². The van der Waals surface area contributed by atoms with Gasteiger partial charge in [0, 0.05) is 0 Å². The normalized spacial score (nSPS) is 17.4. The quantitative estimate of drug-likeness (QED) is 0.471. The lowest BCUT2D eigenvalue weighted by molar-refractivity contribution is 0.361. The molecule has 0 unspecified atom stereocenters. The standard InChI is InChI=1S/C28H40N2O4S.ClH/c1-33-27-5-3-23(17-25(27)15-21-7-11-29-12-8-21)19-35(31,32)20-24-4-6-28(34-2)26(18-24)16-22-9-13-30-14-10-22;/h3-6,17-18,21-22,29-30H,7-16,19-20H2,1-2H3;1H. The lowest BCUT2D eigenvalue weighted by atomic mass is 9.90. The molecule has 0 atom stereocenters. The molecular weight excluding hydrogens is 496 g/mol. The van der Waals surface area contributed by atoms with E-state index in [-0.39, 0.29) is 23.9 Å². The Morgan fingerprint density at radius 1 is 0.722 bits per heavy atom. The maximum Gasteiger partial charge on any atom is 0.158 e. The van der Waals surface area contributed by atoms with E-state index in [1.54, 1.807) is 14.2 Å². The Hall–Kier alpha value is -1.80. The van der Waals surface area contributed by atoms with Crippen molar-refractivity contribution >= 4 is 22.2 Å². The summed E-state index contributed by atoms with van der Waals surface area (Å²) >= 11 is 0. The Labute approximate surface area is 222 Å². The molecule has 0 bridgehead atoms. The highest BCUT2D eigenvalue weighted by atomic mass is 35.5. The Balaban J connectivity index is 0.00000361. The van der Waals surface area contributed by atoms with Crippen molar-refractivity contribution in [2.45, 2.75) is 50.0 Å². The van der Waals surface area contributed by atoms with Crippen LogP contribution in [0.15, 0.2) is 36.4 Å². The van der Waals surface area contributed by atoms with Crippen LogP contribution < -0.4 is 20.1 Å². The Kier molecular flexibility index (Phi) is 10.9. The van der Waals surface area contributed by atoms with Gasteiger partial charge in [-0.15, -0.1) is 12.4 Å². The van der Waals surface area contributed by atoms with E-state index in [4.69, 9.17) is 9.47 Å². The first-order valence-corrected chi connectivity index (χ1v) is 14.7. The summed E-state index contributed by atoms with van der Waals surface area (Å²) in [5, 5.41) is 6.81. The van der Waals surface area contributed by atoms with Gasteiger partial charge < -0.3 is 20.1 Å². The van der Waals surface area contributed by atoms with Crippen LogP contribution in [0.2, 0.25) is 0 Å². The van der Waals surface area contributed by atoms with Gasteiger partial charge in [0.05, 0.1) is 25.7 Å². The largest absolute Gasteiger partial charge is 0.496 e. The molecule has 2 aromatic rings. The molecule has 0 spiro atoms. The van der Waals surface area contributed by atoms with Gasteiger partial charge in [0.2, 0.25) is 0 Å². The van der Waals surface area contributed by atoms with Gasteiger partial charge >= 0.3 is 0 Å². The van der Waals surface area contributed by atoms with Crippen molar-refractivity contribution in [1.82, 2.24) is 10.6 Å². The van der Waals surface area contributed by atoms with E-state index in [1.165, 1.54) is 0 Å². The summed E-state index contributed by atoms with van der Waals surface area (Å²) in [5.41, 5.74) is 3.89. The molecule has 2 aliphatic rings. The molecule has 36 heavy (non-hydrogen) atoms. The van der Waals surface area contributed by atoms with Crippen molar-refractivity contribution in [3.63, 3.8) is 0 Å². The van der Waals surface area contributed by atoms with Gasteiger partial charge in [0.25, 0.3) is 0 Å². The molecule has 4 rings (SSSR count). The van der Waals surface area contributed by atoms with E-state index in [0.717, 1.165) is 98.5 Å². The smallest absolute Gasteiger partial charge is 0.158 e. The summed E-state index contributed by atoms with van der Waals surface area (Å²) in [7, 11) is 0.0385. The lowest BCUT2D eigenvalue weighted by Gasteiger charge is -2.24. The molecule has 2 aliphatic heterocycles. The average Bonchev–Trinajstić information content (AvgIpc) is 2.85. The molecule has 2 N–H and O–H groups in total. The Morgan fingerprint density at radius 3 is 1.47 bits per heavy atom. The fraction of sp³-hybridized carbons (Fsp3) is 0.571. The summed E-state index contributed by atoms with van der Waals surface area (Å²) in [6.07, 6.45) is 6.42. The fourth-order valence-corrected chi connectivity index (χ4v) is 6.99. The molecule has 8 heteroatoms. The molecule has 0 saturated carbocycles. The van der Waals surface area contributed by atoms with Crippen molar-refractivity contribution < 1.29 is 17.9 Å². The third-order valence-corrected chi connectivity index (χ3v) is 8.94. The third kappa shape index (κ3) is 8.10. The van der Waals surface area contributed by atoms with Gasteiger partial charge in [-0.05, 0) is 111 Å². The zero-order chi connectivity index (χ0) is 24.7. The minimum Gasteiger partial charge on any atom is -0.496 e. The number of hydrogen-bond donors (Lipinski definition) is 2. The van der Waals surface area contributed by atoms with Crippen molar-refractivity contribution in [1.29, 1.82) is 0 Å². The monoisotopic (exact) mass is 536 g/mol. The van der Waals surface area contributed by atoms with Crippen LogP contribution in [0.5, 0.6) is 11.5 Å². The molecule has 2 saturated heterocycles. The SMILES string of the molecule is COc1ccc(CS(=O)(=O)Cc2ccc(OC)c(CC3CCNCC3)c2)cc1CC1CCNCC1.Cl. The molecule has 200 valence electrons. The number of sulfone groups is 1. The van der Waals surface area contributed by atoms with Gasteiger partial charge in [-0.1, -0.05) is 24.3 Å². The molecule has 6 nitrogen and oxygen atoms in total. The summed E-state index contributed by atoms with van der Waals surface area (Å²) in [6, 6.07) is 11.7. The van der Waals surface area contributed by atoms with Crippen LogP contribution in [0.4, 0.5) is 0 Å². The number of methoxy groups -OCH3 is 2. The van der Waals surface area contributed by atoms with Crippen LogP contribution in [-0.2, 0) is 34.2 Å². The van der Waals surface area contributed by atoms with Crippen molar-refractivity contribution in [2.75, 3.05) is 40.4 Å². The number of hydrogen-bond acceptors (Lipinski definition) is 6. The second-order valence-electron chi connectivity index (χ2n) is 10.1. The Morgan fingerprint density at radius 2 is 1.11 bits per heavy atom. The van der Waals surface area contributed by atoms with E-state index >= 15 is 0 Å². The van der Waals surface area contributed by atoms with Crippen LogP contribution in [0, 0.1) is 11.8 Å². The maximum absolute atomic E-state index is 13.2. The highest BCUT2D eigenvalue weighted by Gasteiger charge is 2.20. The second-order valence-corrected chi connectivity index (χ2v) is 12.2. The average molecular weight is 537 g/mol. The molecule has 2 fully saturated rings. The van der Waals surface area contributed by atoms with Crippen LogP contribution in [0.3, 0.4) is 0 Å². The fourth-order valence-electron chi connectivity index (χ4n) is 5.52. The second kappa shape index (κ2) is 13.7. The minimum atomic E-state index is -3.33. The predicted molar refractivity (Wildman–Crippen MR) is 148 cm³/mol. The molecule has 2 aromatic carbocycles. The number of rotatable bonds is 10. The first-order chi connectivity index (χ1) is 17.0. The number of halogens is 1.